The zero-order chi connectivity index (χ0) is 12.7. The maximum Gasteiger partial charge on any atom is 0.239 e. The van der Waals surface area contributed by atoms with Crippen molar-refractivity contribution in [1.82, 2.24) is 15.3 Å². The van der Waals surface area contributed by atoms with Gasteiger partial charge in [-0.05, 0) is 19.9 Å². The molecule has 1 heterocycles. The van der Waals surface area contributed by atoms with Crippen LogP contribution in [0.2, 0.25) is 0 Å². The van der Waals surface area contributed by atoms with Crippen LogP contribution < -0.4 is 15.5 Å². The van der Waals surface area contributed by atoms with E-state index in [-0.39, 0.29) is 12.5 Å². The van der Waals surface area contributed by atoms with Crippen LogP contribution in [0.5, 0.6) is 0 Å². The Labute approximate surface area is 101 Å². The maximum atomic E-state index is 11.4. The van der Waals surface area contributed by atoms with Gasteiger partial charge in [-0.3, -0.25) is 4.79 Å². The van der Waals surface area contributed by atoms with Gasteiger partial charge in [-0.1, -0.05) is 0 Å². The average molecular weight is 237 g/mol. The third-order valence-corrected chi connectivity index (χ3v) is 2.12. The van der Waals surface area contributed by atoms with E-state index < -0.39 is 0 Å². The van der Waals surface area contributed by atoms with Crippen LogP contribution >= 0.6 is 0 Å². The quantitative estimate of drug-likeness (QED) is 0.753. The molecule has 1 amide bonds. The molecule has 0 spiro atoms. The van der Waals surface area contributed by atoms with Crippen LogP contribution in [0.25, 0.3) is 0 Å². The van der Waals surface area contributed by atoms with Crippen LogP contribution in [0.15, 0.2) is 12.3 Å². The Bertz CT molecular complexity index is 369. The Hall–Kier alpha value is -1.85. The lowest BCUT2D eigenvalue weighted by molar-refractivity contribution is -0.119. The molecule has 1 aromatic heterocycles. The van der Waals surface area contributed by atoms with Gasteiger partial charge in [0.1, 0.15) is 5.82 Å². The van der Waals surface area contributed by atoms with Crippen molar-refractivity contribution in [1.29, 1.82) is 0 Å². The molecule has 0 unspecified atom stereocenters. The molecule has 0 aliphatic carbocycles. The third kappa shape index (κ3) is 4.26. The van der Waals surface area contributed by atoms with Gasteiger partial charge in [-0.15, -0.1) is 0 Å². The molecule has 0 aliphatic heterocycles. The first-order chi connectivity index (χ1) is 8.17. The number of nitrogens with one attached hydrogen (secondary N) is 2. The van der Waals surface area contributed by atoms with Crippen LogP contribution in [0.1, 0.15) is 13.8 Å². The van der Waals surface area contributed by atoms with Gasteiger partial charge in [0, 0.05) is 26.3 Å². The van der Waals surface area contributed by atoms with Crippen molar-refractivity contribution < 1.29 is 4.79 Å². The van der Waals surface area contributed by atoms with Crippen LogP contribution in [0.4, 0.5) is 11.8 Å². The van der Waals surface area contributed by atoms with Gasteiger partial charge in [0.15, 0.2) is 0 Å². The molecule has 0 saturated carbocycles. The first kappa shape index (κ1) is 13.2. The zero-order valence-corrected chi connectivity index (χ0v) is 10.5. The lowest BCUT2D eigenvalue weighted by Crippen LogP contribution is -2.35. The fraction of sp³-hybridized carbons (Fsp3) is 0.545. The number of hydrogen-bond acceptors (Lipinski definition) is 5. The van der Waals surface area contributed by atoms with Crippen molar-refractivity contribution in [2.45, 2.75) is 13.8 Å². The summed E-state index contributed by atoms with van der Waals surface area (Å²) in [4.78, 5) is 21.6. The van der Waals surface area contributed by atoms with E-state index in [1.807, 2.05) is 20.9 Å². The molecule has 1 rings (SSSR count). The zero-order valence-electron chi connectivity index (χ0n) is 10.5. The molecule has 0 aromatic carbocycles. The predicted molar refractivity (Wildman–Crippen MR) is 68.1 cm³/mol. The first-order valence-electron chi connectivity index (χ1n) is 5.72. The monoisotopic (exact) mass is 237 g/mol. The molecule has 17 heavy (non-hydrogen) atoms. The molecule has 1 aromatic rings. The highest BCUT2D eigenvalue weighted by Gasteiger charge is 2.08. The van der Waals surface area contributed by atoms with E-state index in [0.717, 1.165) is 12.4 Å². The summed E-state index contributed by atoms with van der Waals surface area (Å²) in [5.41, 5.74) is 0. The van der Waals surface area contributed by atoms with Crippen LogP contribution in [-0.2, 0) is 4.79 Å². The van der Waals surface area contributed by atoms with Gasteiger partial charge in [-0.2, -0.15) is 4.98 Å². The van der Waals surface area contributed by atoms with Gasteiger partial charge in [-0.25, -0.2) is 4.98 Å². The first-order valence-corrected chi connectivity index (χ1v) is 5.72. The highest BCUT2D eigenvalue weighted by molar-refractivity contribution is 5.80. The highest BCUT2D eigenvalue weighted by Crippen LogP contribution is 2.09. The summed E-state index contributed by atoms with van der Waals surface area (Å²) in [5, 5.41) is 5.78. The van der Waals surface area contributed by atoms with Gasteiger partial charge in [0.05, 0.1) is 6.54 Å². The Morgan fingerprint density at radius 3 is 2.82 bits per heavy atom. The number of anilines is 2. The fourth-order valence-electron chi connectivity index (χ4n) is 1.35. The Kier molecular flexibility index (Phi) is 5.19. The second-order valence-electron chi connectivity index (χ2n) is 3.58. The summed E-state index contributed by atoms with van der Waals surface area (Å²) in [7, 11) is 1.83. The highest BCUT2D eigenvalue weighted by atomic mass is 16.2. The summed E-state index contributed by atoms with van der Waals surface area (Å²) < 4.78 is 0. The van der Waals surface area contributed by atoms with E-state index in [1.54, 1.807) is 17.2 Å². The Balaban J connectivity index is 2.64. The summed E-state index contributed by atoms with van der Waals surface area (Å²) in [5.74, 6) is 1.29. The van der Waals surface area contributed by atoms with Gasteiger partial charge in [0.2, 0.25) is 11.9 Å². The minimum atomic E-state index is -0.0152. The molecule has 0 bridgehead atoms. The topological polar surface area (TPSA) is 70.2 Å². The molecule has 6 heteroatoms. The van der Waals surface area contributed by atoms with Crippen molar-refractivity contribution >= 4 is 17.7 Å². The molecule has 0 radical (unpaired) electrons. The minimum Gasteiger partial charge on any atom is -0.355 e. The van der Waals surface area contributed by atoms with Crippen molar-refractivity contribution in [2.75, 3.05) is 36.9 Å². The third-order valence-electron chi connectivity index (χ3n) is 2.12. The summed E-state index contributed by atoms with van der Waals surface area (Å²) in [6.45, 7) is 5.57. The number of rotatable bonds is 6. The molecule has 0 aliphatic rings. The van der Waals surface area contributed by atoms with Gasteiger partial charge >= 0.3 is 0 Å². The lowest BCUT2D eigenvalue weighted by atomic mass is 10.4. The Morgan fingerprint density at radius 1 is 1.41 bits per heavy atom. The largest absolute Gasteiger partial charge is 0.355 e. The van der Waals surface area contributed by atoms with E-state index in [9.17, 15) is 4.79 Å². The number of amides is 1. The fourth-order valence-corrected chi connectivity index (χ4v) is 1.35. The lowest BCUT2D eigenvalue weighted by Gasteiger charge is -2.17. The van der Waals surface area contributed by atoms with E-state index >= 15 is 0 Å². The van der Waals surface area contributed by atoms with E-state index in [1.165, 1.54) is 0 Å². The SMILES string of the molecule is CCNC(=O)CN(C)c1ccnc(NCC)n1. The summed E-state index contributed by atoms with van der Waals surface area (Å²) in [6.07, 6.45) is 1.68. The maximum absolute atomic E-state index is 11.4. The number of carbonyl (C=O) groups is 1. The molecular weight excluding hydrogens is 218 g/mol. The molecular formula is C11H19N5O. The number of likely N-dealkylation sites (N-methyl/N-ethyl adjacent to an activating group) is 2. The van der Waals surface area contributed by atoms with Crippen molar-refractivity contribution in [3.8, 4) is 0 Å². The van der Waals surface area contributed by atoms with Crippen LogP contribution in [0.3, 0.4) is 0 Å². The second-order valence-corrected chi connectivity index (χ2v) is 3.58. The molecule has 6 nitrogen and oxygen atoms in total. The average Bonchev–Trinajstić information content (AvgIpc) is 2.30. The standard InChI is InChI=1S/C11H19N5O/c1-4-12-10(17)8-16(3)9-6-7-14-11(15-9)13-5-2/h6-7H,4-5,8H2,1-3H3,(H,12,17)(H,13,14,15). The molecule has 0 fully saturated rings. The van der Waals surface area contributed by atoms with Gasteiger partial charge in [0.25, 0.3) is 0 Å². The van der Waals surface area contributed by atoms with E-state index in [4.69, 9.17) is 0 Å². The normalized spacial score (nSPS) is 9.82. The number of nitrogens with zero attached hydrogens (tertiary/aromatic N) is 3. The van der Waals surface area contributed by atoms with Crippen molar-refractivity contribution in [3.63, 3.8) is 0 Å². The predicted octanol–water partition coefficient (Wildman–Crippen LogP) is 0.481. The van der Waals surface area contributed by atoms with Crippen molar-refractivity contribution in [2.24, 2.45) is 0 Å². The van der Waals surface area contributed by atoms with Gasteiger partial charge < -0.3 is 15.5 Å². The van der Waals surface area contributed by atoms with E-state index in [2.05, 4.69) is 20.6 Å². The number of aromatic nitrogens is 2. The van der Waals surface area contributed by atoms with Crippen molar-refractivity contribution in [3.05, 3.63) is 12.3 Å². The Morgan fingerprint density at radius 2 is 2.18 bits per heavy atom. The summed E-state index contributed by atoms with van der Waals surface area (Å²) >= 11 is 0. The van der Waals surface area contributed by atoms with Crippen LogP contribution in [0, 0.1) is 0 Å². The molecule has 0 atom stereocenters. The molecule has 2 N–H and O–H groups in total. The number of carbonyl (C=O) groups excluding carboxylic acids is 1. The van der Waals surface area contributed by atoms with E-state index in [0.29, 0.717) is 12.5 Å². The number of hydrogen-bond donors (Lipinski definition) is 2. The summed E-state index contributed by atoms with van der Waals surface area (Å²) in [6, 6.07) is 1.78. The second kappa shape index (κ2) is 6.67. The smallest absolute Gasteiger partial charge is 0.239 e. The molecule has 94 valence electrons. The van der Waals surface area contributed by atoms with Crippen LogP contribution in [-0.4, -0.2) is 42.6 Å². The minimum absolute atomic E-state index is 0.0152. The molecule has 0 saturated heterocycles.